The maximum atomic E-state index is 5.83. The monoisotopic (exact) mass is 222 g/mol. The molecule has 0 saturated carbocycles. The van der Waals surface area contributed by atoms with Gasteiger partial charge >= 0.3 is 0 Å². The molecular weight excluding hydrogens is 200 g/mol. The van der Waals surface area contributed by atoms with Gasteiger partial charge in [-0.05, 0) is 25.8 Å². The average molecular weight is 222 g/mol. The van der Waals surface area contributed by atoms with Crippen LogP contribution in [0.5, 0.6) is 5.75 Å². The lowest BCUT2D eigenvalue weighted by Gasteiger charge is -2.15. The first kappa shape index (κ1) is 12.7. The van der Waals surface area contributed by atoms with E-state index in [2.05, 4.69) is 26.1 Å². The Labute approximate surface area is 98.0 Å². The molecule has 0 bridgehead atoms. The number of hydrogen-bond donors (Lipinski definition) is 2. The third kappa shape index (κ3) is 4.01. The number of hydrogen-bond acceptors (Lipinski definition) is 3. The van der Waals surface area contributed by atoms with E-state index >= 15 is 0 Å². The van der Waals surface area contributed by atoms with Crippen LogP contribution >= 0.6 is 0 Å². The van der Waals surface area contributed by atoms with Crippen LogP contribution in [-0.4, -0.2) is 12.6 Å². The van der Waals surface area contributed by atoms with E-state index in [0.717, 1.165) is 36.6 Å². The van der Waals surface area contributed by atoms with Crippen molar-refractivity contribution in [2.45, 2.75) is 39.7 Å². The van der Waals surface area contributed by atoms with Crippen LogP contribution in [-0.2, 0) is 0 Å². The standard InChI is InChI=1S/C13H22N2O/c1-4-6-16-13-8-11(14)7-12(9-13)15-10(3)5-2/h7-10,15H,4-6,14H2,1-3H3. The molecule has 1 aromatic rings. The minimum absolute atomic E-state index is 0.445. The highest BCUT2D eigenvalue weighted by atomic mass is 16.5. The summed E-state index contributed by atoms with van der Waals surface area (Å²) >= 11 is 0. The second-order valence-electron chi connectivity index (χ2n) is 4.09. The molecule has 1 aromatic carbocycles. The van der Waals surface area contributed by atoms with Crippen molar-refractivity contribution in [1.29, 1.82) is 0 Å². The van der Waals surface area contributed by atoms with Crippen molar-refractivity contribution in [3.63, 3.8) is 0 Å². The molecule has 0 saturated heterocycles. The Balaban J connectivity index is 2.73. The van der Waals surface area contributed by atoms with Crippen LogP contribution in [0, 0.1) is 0 Å². The van der Waals surface area contributed by atoms with Gasteiger partial charge < -0.3 is 15.8 Å². The Bertz CT molecular complexity index is 326. The molecule has 0 aliphatic heterocycles. The summed E-state index contributed by atoms with van der Waals surface area (Å²) in [7, 11) is 0. The molecule has 3 heteroatoms. The van der Waals surface area contributed by atoms with Gasteiger partial charge in [-0.25, -0.2) is 0 Å². The molecule has 16 heavy (non-hydrogen) atoms. The van der Waals surface area contributed by atoms with Gasteiger partial charge in [0, 0.05) is 29.5 Å². The molecule has 1 unspecified atom stereocenters. The fraction of sp³-hybridized carbons (Fsp3) is 0.538. The summed E-state index contributed by atoms with van der Waals surface area (Å²) in [4.78, 5) is 0. The van der Waals surface area contributed by atoms with Crippen LogP contribution < -0.4 is 15.8 Å². The molecular formula is C13H22N2O. The molecule has 1 atom stereocenters. The van der Waals surface area contributed by atoms with E-state index in [9.17, 15) is 0 Å². The van der Waals surface area contributed by atoms with E-state index < -0.39 is 0 Å². The second kappa shape index (κ2) is 6.26. The van der Waals surface area contributed by atoms with Crippen molar-refractivity contribution in [3.8, 4) is 5.75 Å². The number of nitrogens with two attached hydrogens (primary N) is 1. The van der Waals surface area contributed by atoms with Crippen molar-refractivity contribution in [2.24, 2.45) is 0 Å². The zero-order valence-corrected chi connectivity index (χ0v) is 10.4. The zero-order chi connectivity index (χ0) is 12.0. The molecule has 0 aliphatic carbocycles. The van der Waals surface area contributed by atoms with Gasteiger partial charge in [0.15, 0.2) is 0 Å². The number of rotatable bonds is 6. The van der Waals surface area contributed by atoms with Gasteiger partial charge in [0.2, 0.25) is 0 Å². The lowest BCUT2D eigenvalue weighted by atomic mass is 10.2. The summed E-state index contributed by atoms with van der Waals surface area (Å²) in [5.41, 5.74) is 7.59. The Morgan fingerprint density at radius 3 is 2.69 bits per heavy atom. The van der Waals surface area contributed by atoms with Crippen LogP contribution in [0.3, 0.4) is 0 Å². The van der Waals surface area contributed by atoms with E-state index in [4.69, 9.17) is 10.5 Å². The normalized spacial score (nSPS) is 12.2. The van der Waals surface area contributed by atoms with Gasteiger partial charge in [0.1, 0.15) is 5.75 Å². The SMILES string of the molecule is CCCOc1cc(N)cc(NC(C)CC)c1. The lowest BCUT2D eigenvalue weighted by Crippen LogP contribution is -2.13. The number of nitrogens with one attached hydrogen (secondary N) is 1. The Morgan fingerprint density at radius 1 is 1.31 bits per heavy atom. The van der Waals surface area contributed by atoms with Gasteiger partial charge in [-0.1, -0.05) is 13.8 Å². The molecule has 0 amide bonds. The van der Waals surface area contributed by atoms with E-state index in [-0.39, 0.29) is 0 Å². The van der Waals surface area contributed by atoms with Gasteiger partial charge in [0.25, 0.3) is 0 Å². The summed E-state index contributed by atoms with van der Waals surface area (Å²) in [5, 5.41) is 3.39. The molecule has 0 heterocycles. The quantitative estimate of drug-likeness (QED) is 0.726. The Morgan fingerprint density at radius 2 is 2.06 bits per heavy atom. The topological polar surface area (TPSA) is 47.3 Å². The minimum Gasteiger partial charge on any atom is -0.493 e. The summed E-state index contributed by atoms with van der Waals surface area (Å²) in [6.45, 7) is 7.12. The zero-order valence-electron chi connectivity index (χ0n) is 10.4. The van der Waals surface area contributed by atoms with Crippen LogP contribution in [0.2, 0.25) is 0 Å². The van der Waals surface area contributed by atoms with Crippen LogP contribution in [0.1, 0.15) is 33.6 Å². The number of anilines is 2. The second-order valence-corrected chi connectivity index (χ2v) is 4.09. The summed E-state index contributed by atoms with van der Waals surface area (Å²) in [6.07, 6.45) is 2.09. The van der Waals surface area contributed by atoms with Gasteiger partial charge in [-0.2, -0.15) is 0 Å². The first-order valence-electron chi connectivity index (χ1n) is 5.95. The fourth-order valence-electron chi connectivity index (χ4n) is 1.40. The highest BCUT2D eigenvalue weighted by Crippen LogP contribution is 2.23. The van der Waals surface area contributed by atoms with Crippen LogP contribution in [0.15, 0.2) is 18.2 Å². The first-order chi connectivity index (χ1) is 7.65. The number of benzene rings is 1. The van der Waals surface area contributed by atoms with Crippen molar-refractivity contribution in [2.75, 3.05) is 17.7 Å². The third-order valence-electron chi connectivity index (χ3n) is 2.43. The van der Waals surface area contributed by atoms with E-state index in [0.29, 0.717) is 6.04 Å². The number of nitrogen functional groups attached to an aromatic ring is 1. The molecule has 3 N–H and O–H groups in total. The van der Waals surface area contributed by atoms with Crippen molar-refractivity contribution in [3.05, 3.63) is 18.2 Å². The van der Waals surface area contributed by atoms with Crippen molar-refractivity contribution >= 4 is 11.4 Å². The summed E-state index contributed by atoms with van der Waals surface area (Å²) < 4.78 is 5.57. The largest absolute Gasteiger partial charge is 0.493 e. The van der Waals surface area contributed by atoms with E-state index in [1.165, 1.54) is 0 Å². The predicted octanol–water partition coefficient (Wildman–Crippen LogP) is 3.27. The Kier molecular flexibility index (Phi) is 4.96. The van der Waals surface area contributed by atoms with E-state index in [1.54, 1.807) is 0 Å². The molecule has 0 radical (unpaired) electrons. The smallest absolute Gasteiger partial charge is 0.123 e. The predicted molar refractivity (Wildman–Crippen MR) is 70.0 cm³/mol. The van der Waals surface area contributed by atoms with Crippen LogP contribution in [0.4, 0.5) is 11.4 Å². The molecule has 3 nitrogen and oxygen atoms in total. The molecule has 1 rings (SSSR count). The summed E-state index contributed by atoms with van der Waals surface area (Å²) in [6, 6.07) is 6.24. The van der Waals surface area contributed by atoms with E-state index in [1.807, 2.05) is 18.2 Å². The van der Waals surface area contributed by atoms with Crippen LogP contribution in [0.25, 0.3) is 0 Å². The maximum Gasteiger partial charge on any atom is 0.123 e. The van der Waals surface area contributed by atoms with Gasteiger partial charge in [-0.15, -0.1) is 0 Å². The lowest BCUT2D eigenvalue weighted by molar-refractivity contribution is 0.318. The highest BCUT2D eigenvalue weighted by molar-refractivity contribution is 5.59. The molecule has 90 valence electrons. The molecule has 0 aromatic heterocycles. The van der Waals surface area contributed by atoms with Gasteiger partial charge in [-0.3, -0.25) is 0 Å². The number of ether oxygens (including phenoxy) is 1. The van der Waals surface area contributed by atoms with Crippen molar-refractivity contribution in [1.82, 2.24) is 0 Å². The highest BCUT2D eigenvalue weighted by Gasteiger charge is 2.02. The molecule has 0 spiro atoms. The minimum atomic E-state index is 0.445. The maximum absolute atomic E-state index is 5.83. The molecule has 0 aliphatic rings. The third-order valence-corrected chi connectivity index (χ3v) is 2.43. The average Bonchev–Trinajstić information content (AvgIpc) is 2.25. The fourth-order valence-corrected chi connectivity index (χ4v) is 1.40. The summed E-state index contributed by atoms with van der Waals surface area (Å²) in [5.74, 6) is 0.840. The first-order valence-corrected chi connectivity index (χ1v) is 5.95. The molecule has 0 fully saturated rings. The Hall–Kier alpha value is -1.38. The van der Waals surface area contributed by atoms with Gasteiger partial charge in [0.05, 0.1) is 6.61 Å². The van der Waals surface area contributed by atoms with Crippen molar-refractivity contribution < 1.29 is 4.74 Å².